The van der Waals surface area contributed by atoms with Crippen molar-refractivity contribution in [2.24, 2.45) is 17.8 Å². The van der Waals surface area contributed by atoms with Gasteiger partial charge in [-0.15, -0.1) is 0 Å². The lowest BCUT2D eigenvalue weighted by Crippen LogP contribution is -2.20. The molecule has 1 aliphatic rings. The summed E-state index contributed by atoms with van der Waals surface area (Å²) in [6.07, 6.45) is 3.91. The van der Waals surface area contributed by atoms with Crippen molar-refractivity contribution in [2.45, 2.75) is 47.0 Å². The molecule has 0 aromatic carbocycles. The summed E-state index contributed by atoms with van der Waals surface area (Å²) >= 11 is 0. The van der Waals surface area contributed by atoms with Gasteiger partial charge < -0.3 is 4.90 Å². The smallest absolute Gasteiger partial charge is 0.0203 e. The van der Waals surface area contributed by atoms with Crippen LogP contribution >= 0.6 is 0 Å². The zero-order valence-corrected chi connectivity index (χ0v) is 10.9. The molecule has 1 fully saturated rings. The van der Waals surface area contributed by atoms with Crippen LogP contribution in [0, 0.1) is 17.8 Å². The standard InChI is InChI=1S/C14H27N/c1-11(2)8-13(5)15-7-6-14(10-15)9-12(3)4/h11-12,14H,5-10H2,1-4H3. The third-order valence-electron chi connectivity index (χ3n) is 3.18. The maximum Gasteiger partial charge on any atom is 0.0203 e. The van der Waals surface area contributed by atoms with Gasteiger partial charge in [-0.25, -0.2) is 0 Å². The third kappa shape index (κ3) is 4.27. The molecule has 1 rings (SSSR count). The Labute approximate surface area is 95.5 Å². The van der Waals surface area contributed by atoms with E-state index in [0.29, 0.717) is 0 Å². The fraction of sp³-hybridized carbons (Fsp3) is 0.857. The largest absolute Gasteiger partial charge is 0.375 e. The van der Waals surface area contributed by atoms with Gasteiger partial charge in [0.1, 0.15) is 0 Å². The van der Waals surface area contributed by atoms with Crippen LogP contribution in [0.3, 0.4) is 0 Å². The maximum absolute atomic E-state index is 4.22. The summed E-state index contributed by atoms with van der Waals surface area (Å²) < 4.78 is 0. The molecule has 0 aromatic rings. The molecule has 88 valence electrons. The van der Waals surface area contributed by atoms with Gasteiger partial charge in [-0.1, -0.05) is 34.3 Å². The molecule has 0 radical (unpaired) electrons. The Morgan fingerprint density at radius 1 is 1.27 bits per heavy atom. The van der Waals surface area contributed by atoms with Crippen molar-refractivity contribution in [3.63, 3.8) is 0 Å². The van der Waals surface area contributed by atoms with Gasteiger partial charge in [-0.05, 0) is 37.0 Å². The predicted octanol–water partition coefficient (Wildman–Crippen LogP) is 3.91. The zero-order valence-electron chi connectivity index (χ0n) is 10.9. The summed E-state index contributed by atoms with van der Waals surface area (Å²) in [5.41, 5.74) is 1.36. The molecule has 1 heterocycles. The minimum absolute atomic E-state index is 0.738. The Morgan fingerprint density at radius 2 is 1.93 bits per heavy atom. The molecule has 0 N–H and O–H groups in total. The highest BCUT2D eigenvalue weighted by Gasteiger charge is 2.23. The van der Waals surface area contributed by atoms with Crippen LogP contribution in [0.4, 0.5) is 0 Å². The molecule has 1 unspecified atom stereocenters. The molecular formula is C14H27N. The number of hydrogen-bond donors (Lipinski definition) is 0. The van der Waals surface area contributed by atoms with Gasteiger partial charge >= 0.3 is 0 Å². The summed E-state index contributed by atoms with van der Waals surface area (Å²) in [5.74, 6) is 2.49. The number of allylic oxidation sites excluding steroid dienone is 1. The second-order valence-corrected chi connectivity index (χ2v) is 5.89. The van der Waals surface area contributed by atoms with Crippen LogP contribution < -0.4 is 0 Å². The van der Waals surface area contributed by atoms with Gasteiger partial charge in [0.25, 0.3) is 0 Å². The second-order valence-electron chi connectivity index (χ2n) is 5.89. The van der Waals surface area contributed by atoms with Crippen molar-refractivity contribution in [2.75, 3.05) is 13.1 Å². The van der Waals surface area contributed by atoms with Crippen molar-refractivity contribution in [1.29, 1.82) is 0 Å². The van der Waals surface area contributed by atoms with Crippen LogP contribution in [0.5, 0.6) is 0 Å². The minimum Gasteiger partial charge on any atom is -0.375 e. The van der Waals surface area contributed by atoms with Gasteiger partial charge in [0.2, 0.25) is 0 Å². The monoisotopic (exact) mass is 209 g/mol. The number of rotatable bonds is 5. The van der Waals surface area contributed by atoms with Crippen molar-refractivity contribution in [1.82, 2.24) is 4.90 Å². The summed E-state index contributed by atoms with van der Waals surface area (Å²) in [6, 6.07) is 0. The number of nitrogens with zero attached hydrogens (tertiary/aromatic N) is 1. The zero-order chi connectivity index (χ0) is 11.4. The van der Waals surface area contributed by atoms with Gasteiger partial charge in [0.05, 0.1) is 0 Å². The van der Waals surface area contributed by atoms with E-state index in [1.807, 2.05) is 0 Å². The van der Waals surface area contributed by atoms with Crippen LogP contribution in [0.25, 0.3) is 0 Å². The SMILES string of the molecule is C=C(CC(C)C)N1CCC(CC(C)C)C1. The fourth-order valence-corrected chi connectivity index (χ4v) is 2.58. The predicted molar refractivity (Wildman–Crippen MR) is 67.7 cm³/mol. The molecule has 0 aromatic heterocycles. The summed E-state index contributed by atoms with van der Waals surface area (Å²) in [7, 11) is 0. The molecule has 15 heavy (non-hydrogen) atoms. The van der Waals surface area contributed by atoms with Crippen LogP contribution in [0.15, 0.2) is 12.3 Å². The Balaban J connectivity index is 2.32. The van der Waals surface area contributed by atoms with E-state index in [9.17, 15) is 0 Å². The number of hydrogen-bond acceptors (Lipinski definition) is 1. The number of likely N-dealkylation sites (tertiary alicyclic amines) is 1. The van der Waals surface area contributed by atoms with E-state index in [0.717, 1.165) is 24.2 Å². The highest BCUT2D eigenvalue weighted by molar-refractivity contribution is 4.98. The molecule has 0 amide bonds. The highest BCUT2D eigenvalue weighted by Crippen LogP contribution is 2.27. The molecule has 0 spiro atoms. The van der Waals surface area contributed by atoms with Crippen molar-refractivity contribution in [3.8, 4) is 0 Å². The third-order valence-corrected chi connectivity index (χ3v) is 3.18. The Kier molecular flexibility index (Phi) is 4.69. The molecular weight excluding hydrogens is 182 g/mol. The molecule has 0 saturated carbocycles. The van der Waals surface area contributed by atoms with Gasteiger partial charge in [0, 0.05) is 18.8 Å². The topological polar surface area (TPSA) is 3.24 Å². The second kappa shape index (κ2) is 5.58. The lowest BCUT2D eigenvalue weighted by molar-refractivity contribution is 0.354. The van der Waals surface area contributed by atoms with E-state index < -0.39 is 0 Å². The van der Waals surface area contributed by atoms with E-state index in [1.54, 1.807) is 0 Å². The lowest BCUT2D eigenvalue weighted by atomic mass is 9.97. The van der Waals surface area contributed by atoms with E-state index in [2.05, 4.69) is 39.2 Å². The summed E-state index contributed by atoms with van der Waals surface area (Å²) in [4.78, 5) is 2.51. The first-order valence-corrected chi connectivity index (χ1v) is 6.41. The average molecular weight is 209 g/mol. The Morgan fingerprint density at radius 3 is 2.47 bits per heavy atom. The minimum atomic E-state index is 0.738. The van der Waals surface area contributed by atoms with Gasteiger partial charge in [-0.3, -0.25) is 0 Å². The van der Waals surface area contributed by atoms with E-state index in [1.165, 1.54) is 31.6 Å². The summed E-state index contributed by atoms with van der Waals surface area (Å²) in [6.45, 7) is 15.9. The molecule has 1 saturated heterocycles. The van der Waals surface area contributed by atoms with E-state index in [4.69, 9.17) is 0 Å². The van der Waals surface area contributed by atoms with Crippen LogP contribution in [0.2, 0.25) is 0 Å². The normalized spacial score (nSPS) is 21.7. The van der Waals surface area contributed by atoms with Crippen molar-refractivity contribution in [3.05, 3.63) is 12.3 Å². The summed E-state index contributed by atoms with van der Waals surface area (Å²) in [5, 5.41) is 0. The Hall–Kier alpha value is -0.460. The first-order chi connectivity index (χ1) is 6.99. The molecule has 1 heteroatoms. The molecule has 0 bridgehead atoms. The van der Waals surface area contributed by atoms with Crippen LogP contribution in [-0.4, -0.2) is 18.0 Å². The van der Waals surface area contributed by atoms with Crippen molar-refractivity contribution < 1.29 is 0 Å². The highest BCUT2D eigenvalue weighted by atomic mass is 15.2. The van der Waals surface area contributed by atoms with Crippen LogP contribution in [-0.2, 0) is 0 Å². The molecule has 1 nitrogen and oxygen atoms in total. The van der Waals surface area contributed by atoms with Gasteiger partial charge in [-0.2, -0.15) is 0 Å². The van der Waals surface area contributed by atoms with Crippen molar-refractivity contribution >= 4 is 0 Å². The molecule has 0 aliphatic carbocycles. The molecule has 1 atom stereocenters. The first-order valence-electron chi connectivity index (χ1n) is 6.41. The van der Waals surface area contributed by atoms with E-state index >= 15 is 0 Å². The average Bonchev–Trinajstić information content (AvgIpc) is 2.50. The van der Waals surface area contributed by atoms with Crippen LogP contribution in [0.1, 0.15) is 47.0 Å². The maximum atomic E-state index is 4.22. The Bertz CT molecular complexity index is 205. The first kappa shape index (κ1) is 12.6. The van der Waals surface area contributed by atoms with Gasteiger partial charge in [0.15, 0.2) is 0 Å². The fourth-order valence-electron chi connectivity index (χ4n) is 2.58. The molecule has 1 aliphatic heterocycles. The van der Waals surface area contributed by atoms with E-state index in [-0.39, 0.29) is 0 Å². The quantitative estimate of drug-likeness (QED) is 0.663. The lowest BCUT2D eigenvalue weighted by Gasteiger charge is -2.23.